The Labute approximate surface area is 100 Å². The molecule has 0 saturated heterocycles. The zero-order valence-corrected chi connectivity index (χ0v) is 10.1. The molecule has 16 heavy (non-hydrogen) atoms. The Bertz CT molecular complexity index is 373. The van der Waals surface area contributed by atoms with Gasteiger partial charge in [-0.25, -0.2) is 4.79 Å². The van der Waals surface area contributed by atoms with Gasteiger partial charge in [-0.15, -0.1) is 0 Å². The molecule has 0 aliphatic carbocycles. The van der Waals surface area contributed by atoms with Crippen molar-refractivity contribution in [2.75, 3.05) is 7.11 Å². The number of carbonyl (C=O) groups is 1. The van der Waals surface area contributed by atoms with E-state index in [1.54, 1.807) is 18.3 Å². The fraction of sp³-hybridized carbons (Fsp3) is 0.333. The van der Waals surface area contributed by atoms with Gasteiger partial charge in [0.25, 0.3) is 0 Å². The number of halogens is 1. The van der Waals surface area contributed by atoms with Gasteiger partial charge in [0.2, 0.25) is 0 Å². The van der Waals surface area contributed by atoms with Crippen molar-refractivity contribution in [3.05, 3.63) is 34.9 Å². The van der Waals surface area contributed by atoms with E-state index in [-0.39, 0.29) is 5.97 Å². The lowest BCUT2D eigenvalue weighted by Gasteiger charge is -2.06. The van der Waals surface area contributed by atoms with Crippen LogP contribution in [0.5, 0.6) is 0 Å². The highest BCUT2D eigenvalue weighted by atomic mass is 35.5. The number of benzene rings is 1. The molecule has 1 aromatic rings. The molecule has 0 radical (unpaired) electrons. The van der Waals surface area contributed by atoms with Crippen molar-refractivity contribution in [2.45, 2.75) is 19.4 Å². The third-order valence-corrected chi connectivity index (χ3v) is 2.39. The lowest BCUT2D eigenvalue weighted by molar-refractivity contribution is -0.142. The summed E-state index contributed by atoms with van der Waals surface area (Å²) in [7, 11) is 1.36. The maximum absolute atomic E-state index is 11.3. The molecule has 3 nitrogen and oxygen atoms in total. The molecule has 0 amide bonds. The second kappa shape index (κ2) is 6.28. The Hall–Kier alpha value is -1.35. The second-order valence-electron chi connectivity index (χ2n) is 3.28. The summed E-state index contributed by atoms with van der Waals surface area (Å²) >= 11 is 5.76. The molecule has 4 heteroatoms. The summed E-state index contributed by atoms with van der Waals surface area (Å²) in [5.74, 6) is -0.312. The van der Waals surface area contributed by atoms with Gasteiger partial charge in [0, 0.05) is 11.2 Å². The molecule has 1 unspecified atom stereocenters. The van der Waals surface area contributed by atoms with Gasteiger partial charge in [0.1, 0.15) is 6.04 Å². The summed E-state index contributed by atoms with van der Waals surface area (Å²) in [6.45, 7) is 1.89. The van der Waals surface area contributed by atoms with E-state index in [4.69, 9.17) is 11.6 Å². The highest BCUT2D eigenvalue weighted by molar-refractivity contribution is 6.30. The molecule has 0 aromatic heterocycles. The average Bonchev–Trinajstić information content (AvgIpc) is 2.31. The molecule has 0 aliphatic rings. The zero-order chi connectivity index (χ0) is 12.0. The van der Waals surface area contributed by atoms with Crippen LogP contribution >= 0.6 is 11.6 Å². The van der Waals surface area contributed by atoms with Gasteiger partial charge in [0.05, 0.1) is 7.11 Å². The fourth-order valence-electron chi connectivity index (χ4n) is 1.19. The molecule has 0 N–H and O–H groups in total. The molecule has 1 atom stereocenters. The topological polar surface area (TPSA) is 38.7 Å². The summed E-state index contributed by atoms with van der Waals surface area (Å²) in [5, 5.41) is 0.678. The summed E-state index contributed by atoms with van der Waals surface area (Å²) < 4.78 is 4.64. The van der Waals surface area contributed by atoms with Crippen LogP contribution in [0.2, 0.25) is 5.02 Å². The number of aliphatic imine (C=N–C) groups is 1. The van der Waals surface area contributed by atoms with E-state index >= 15 is 0 Å². The maximum atomic E-state index is 11.3. The van der Waals surface area contributed by atoms with Crippen LogP contribution < -0.4 is 0 Å². The van der Waals surface area contributed by atoms with E-state index in [9.17, 15) is 4.79 Å². The van der Waals surface area contributed by atoms with E-state index in [1.165, 1.54) is 7.11 Å². The van der Waals surface area contributed by atoms with Crippen molar-refractivity contribution >= 4 is 23.8 Å². The highest BCUT2D eigenvalue weighted by Crippen LogP contribution is 2.08. The van der Waals surface area contributed by atoms with E-state index in [2.05, 4.69) is 9.73 Å². The van der Waals surface area contributed by atoms with Gasteiger partial charge in [0.15, 0.2) is 0 Å². The highest BCUT2D eigenvalue weighted by Gasteiger charge is 2.13. The first-order valence-electron chi connectivity index (χ1n) is 5.04. The number of rotatable bonds is 4. The molecule has 86 valence electrons. The van der Waals surface area contributed by atoms with Crippen molar-refractivity contribution in [3.63, 3.8) is 0 Å². The summed E-state index contributed by atoms with van der Waals surface area (Å²) in [4.78, 5) is 15.4. The molecular weight excluding hydrogens is 226 g/mol. The molecule has 0 bridgehead atoms. The molecule has 0 aliphatic heterocycles. The third kappa shape index (κ3) is 3.66. The third-order valence-electron chi connectivity index (χ3n) is 2.13. The van der Waals surface area contributed by atoms with Gasteiger partial charge in [-0.05, 0) is 24.1 Å². The fourth-order valence-corrected chi connectivity index (χ4v) is 1.32. The van der Waals surface area contributed by atoms with E-state index in [1.807, 2.05) is 19.1 Å². The molecule has 0 spiro atoms. The van der Waals surface area contributed by atoms with Crippen molar-refractivity contribution in [1.29, 1.82) is 0 Å². The monoisotopic (exact) mass is 239 g/mol. The minimum atomic E-state index is -0.430. The van der Waals surface area contributed by atoms with Gasteiger partial charge >= 0.3 is 5.97 Å². The van der Waals surface area contributed by atoms with Crippen LogP contribution in [0.25, 0.3) is 0 Å². The van der Waals surface area contributed by atoms with Gasteiger partial charge in [-0.3, -0.25) is 4.99 Å². The lowest BCUT2D eigenvalue weighted by Crippen LogP contribution is -2.19. The van der Waals surface area contributed by atoms with Gasteiger partial charge in [-0.1, -0.05) is 30.7 Å². The second-order valence-corrected chi connectivity index (χ2v) is 3.71. The average molecular weight is 240 g/mol. The zero-order valence-electron chi connectivity index (χ0n) is 9.31. The number of esters is 1. The Morgan fingerprint density at radius 1 is 1.50 bits per heavy atom. The summed E-state index contributed by atoms with van der Waals surface area (Å²) in [6.07, 6.45) is 2.28. The number of carbonyl (C=O) groups excluding carboxylic acids is 1. The van der Waals surface area contributed by atoms with Crippen LogP contribution in [0.15, 0.2) is 29.3 Å². The van der Waals surface area contributed by atoms with Crippen LogP contribution in [0.3, 0.4) is 0 Å². The predicted octanol–water partition coefficient (Wildman–Crippen LogP) is 2.71. The van der Waals surface area contributed by atoms with Crippen LogP contribution in [-0.4, -0.2) is 25.3 Å². The largest absolute Gasteiger partial charge is 0.467 e. The number of ether oxygens (including phenoxy) is 1. The van der Waals surface area contributed by atoms with Crippen LogP contribution in [0, 0.1) is 0 Å². The molecule has 1 aromatic carbocycles. The van der Waals surface area contributed by atoms with Crippen LogP contribution in [0.1, 0.15) is 18.9 Å². The van der Waals surface area contributed by atoms with Crippen molar-refractivity contribution in [1.82, 2.24) is 0 Å². The SMILES string of the molecule is CCC(/N=C/c1ccc(Cl)cc1)C(=O)OC. The van der Waals surface area contributed by atoms with Crippen molar-refractivity contribution in [3.8, 4) is 0 Å². The molecule has 1 rings (SSSR count). The van der Waals surface area contributed by atoms with E-state index in [0.717, 1.165) is 5.56 Å². The number of methoxy groups -OCH3 is 1. The normalized spacial score (nSPS) is 12.7. The molecule has 0 saturated carbocycles. The maximum Gasteiger partial charge on any atom is 0.330 e. The van der Waals surface area contributed by atoms with Gasteiger partial charge in [-0.2, -0.15) is 0 Å². The first-order valence-corrected chi connectivity index (χ1v) is 5.41. The van der Waals surface area contributed by atoms with Crippen molar-refractivity contribution in [2.24, 2.45) is 4.99 Å². The lowest BCUT2D eigenvalue weighted by atomic mass is 10.2. The van der Waals surface area contributed by atoms with Crippen LogP contribution in [-0.2, 0) is 9.53 Å². The first-order chi connectivity index (χ1) is 7.67. The minimum absolute atomic E-state index is 0.312. The van der Waals surface area contributed by atoms with E-state index in [0.29, 0.717) is 11.4 Å². The first kappa shape index (κ1) is 12.7. The smallest absolute Gasteiger partial charge is 0.330 e. The Balaban J connectivity index is 2.71. The summed E-state index contributed by atoms with van der Waals surface area (Å²) in [5.41, 5.74) is 0.909. The van der Waals surface area contributed by atoms with Crippen LogP contribution in [0.4, 0.5) is 0 Å². The van der Waals surface area contributed by atoms with Crippen molar-refractivity contribution < 1.29 is 9.53 Å². The minimum Gasteiger partial charge on any atom is -0.467 e. The predicted molar refractivity (Wildman–Crippen MR) is 65.1 cm³/mol. The Morgan fingerprint density at radius 3 is 2.62 bits per heavy atom. The number of hydrogen-bond donors (Lipinski definition) is 0. The molecular formula is C12H14ClNO2. The Kier molecular flexibility index (Phi) is 4.99. The molecule has 0 fully saturated rings. The Morgan fingerprint density at radius 2 is 2.12 bits per heavy atom. The number of hydrogen-bond acceptors (Lipinski definition) is 3. The standard InChI is InChI=1S/C12H14ClNO2/c1-3-11(12(15)16-2)14-8-9-4-6-10(13)7-5-9/h4-8,11H,3H2,1-2H3/b14-8+. The van der Waals surface area contributed by atoms with Gasteiger partial charge < -0.3 is 4.74 Å². The van der Waals surface area contributed by atoms with E-state index < -0.39 is 6.04 Å². The quantitative estimate of drug-likeness (QED) is 0.599. The molecule has 0 heterocycles. The summed E-state index contributed by atoms with van der Waals surface area (Å²) in [6, 6.07) is 6.82. The number of nitrogens with zero attached hydrogens (tertiary/aromatic N) is 1.